The van der Waals surface area contributed by atoms with Gasteiger partial charge in [0.1, 0.15) is 0 Å². The Hall–Kier alpha value is -0.310. The Balaban J connectivity index is 1.89. The van der Waals surface area contributed by atoms with E-state index in [9.17, 15) is 0 Å². The zero-order valence-electron chi connectivity index (χ0n) is 10.9. The molecule has 2 atom stereocenters. The van der Waals surface area contributed by atoms with Crippen LogP contribution in [0.3, 0.4) is 0 Å². The van der Waals surface area contributed by atoms with Crippen LogP contribution in [-0.4, -0.2) is 28.6 Å². The zero-order valence-corrected chi connectivity index (χ0v) is 11.7. The maximum Gasteiger partial charge on any atom is 0.169 e. The van der Waals surface area contributed by atoms with Gasteiger partial charge in [-0.05, 0) is 37.9 Å². The van der Waals surface area contributed by atoms with Crippen LogP contribution in [0.5, 0.6) is 0 Å². The molecule has 1 saturated heterocycles. The minimum atomic E-state index is 0.368. The maximum absolute atomic E-state index is 5.57. The summed E-state index contributed by atoms with van der Waals surface area (Å²) in [6.07, 6.45) is 12.5. The SMILES string of the molecule is CN1C(=S)NC2(CCCCC2)[C@@H]2CCCC[C@@H]21. The zero-order chi connectivity index (χ0) is 11.9. The van der Waals surface area contributed by atoms with Gasteiger partial charge in [0.2, 0.25) is 0 Å². The van der Waals surface area contributed by atoms with E-state index in [1.54, 1.807) is 0 Å². The van der Waals surface area contributed by atoms with Gasteiger partial charge in [-0.1, -0.05) is 32.1 Å². The van der Waals surface area contributed by atoms with Gasteiger partial charge in [-0.3, -0.25) is 0 Å². The molecule has 3 fully saturated rings. The van der Waals surface area contributed by atoms with Crippen molar-refractivity contribution in [3.63, 3.8) is 0 Å². The van der Waals surface area contributed by atoms with Crippen LogP contribution < -0.4 is 5.32 Å². The predicted molar refractivity (Wildman–Crippen MR) is 75.1 cm³/mol. The van der Waals surface area contributed by atoms with Crippen molar-refractivity contribution < 1.29 is 0 Å². The lowest BCUT2D eigenvalue weighted by Crippen LogP contribution is -2.69. The number of fused-ring (bicyclic) bond motifs is 2. The van der Waals surface area contributed by atoms with Gasteiger partial charge >= 0.3 is 0 Å². The molecule has 1 heterocycles. The molecule has 1 spiro atoms. The molecule has 3 aliphatic rings. The molecule has 0 aromatic rings. The Labute approximate surface area is 110 Å². The number of nitrogens with one attached hydrogen (secondary N) is 1. The normalized spacial score (nSPS) is 36.5. The van der Waals surface area contributed by atoms with Gasteiger partial charge in [-0.25, -0.2) is 0 Å². The molecule has 2 saturated carbocycles. The monoisotopic (exact) mass is 252 g/mol. The van der Waals surface area contributed by atoms with E-state index >= 15 is 0 Å². The second kappa shape index (κ2) is 4.42. The highest BCUT2D eigenvalue weighted by molar-refractivity contribution is 7.80. The maximum atomic E-state index is 5.57. The van der Waals surface area contributed by atoms with Crippen molar-refractivity contribution in [1.29, 1.82) is 0 Å². The Morgan fingerprint density at radius 2 is 1.82 bits per heavy atom. The quantitative estimate of drug-likeness (QED) is 0.667. The number of nitrogens with zero attached hydrogens (tertiary/aromatic N) is 1. The molecular weight excluding hydrogens is 228 g/mol. The fourth-order valence-corrected chi connectivity index (χ4v) is 4.78. The van der Waals surface area contributed by atoms with Gasteiger partial charge in [-0.2, -0.15) is 0 Å². The molecule has 17 heavy (non-hydrogen) atoms. The van der Waals surface area contributed by atoms with E-state index in [4.69, 9.17) is 12.2 Å². The van der Waals surface area contributed by atoms with E-state index in [0.717, 1.165) is 17.1 Å². The lowest BCUT2D eigenvalue weighted by molar-refractivity contribution is 0.0429. The van der Waals surface area contributed by atoms with Gasteiger partial charge in [0.25, 0.3) is 0 Å². The first-order valence-electron chi connectivity index (χ1n) is 7.28. The Morgan fingerprint density at radius 3 is 2.59 bits per heavy atom. The second-order valence-electron chi connectivity index (χ2n) is 6.22. The molecule has 3 heteroatoms. The van der Waals surface area contributed by atoms with Gasteiger partial charge < -0.3 is 10.2 Å². The van der Waals surface area contributed by atoms with Crippen LogP contribution in [0.15, 0.2) is 0 Å². The van der Waals surface area contributed by atoms with Crippen molar-refractivity contribution in [3.8, 4) is 0 Å². The molecule has 2 aliphatic carbocycles. The lowest BCUT2D eigenvalue weighted by atomic mass is 9.64. The van der Waals surface area contributed by atoms with E-state index in [1.807, 2.05) is 0 Å². The van der Waals surface area contributed by atoms with Crippen molar-refractivity contribution in [2.24, 2.45) is 5.92 Å². The molecule has 96 valence electrons. The summed E-state index contributed by atoms with van der Waals surface area (Å²) in [6, 6.07) is 0.718. The van der Waals surface area contributed by atoms with Crippen LogP contribution in [0.4, 0.5) is 0 Å². The first-order valence-corrected chi connectivity index (χ1v) is 7.69. The number of hydrogen-bond donors (Lipinski definition) is 1. The van der Waals surface area contributed by atoms with Gasteiger partial charge in [0.15, 0.2) is 5.11 Å². The standard InChI is InChI=1S/C14H24N2S/c1-16-12-8-4-3-7-11(12)14(15-13(16)17)9-5-2-6-10-14/h11-12H,2-10H2,1H3,(H,15,17)/t11-,12+/m1/s1. The molecule has 0 amide bonds. The van der Waals surface area contributed by atoms with Crippen molar-refractivity contribution in [1.82, 2.24) is 10.2 Å². The summed E-state index contributed by atoms with van der Waals surface area (Å²) in [6.45, 7) is 0. The van der Waals surface area contributed by atoms with E-state index in [1.165, 1.54) is 57.8 Å². The molecular formula is C14H24N2S. The van der Waals surface area contributed by atoms with Crippen LogP contribution in [0, 0.1) is 5.92 Å². The molecule has 0 aromatic carbocycles. The highest BCUT2D eigenvalue weighted by Gasteiger charge is 2.49. The third-order valence-electron chi connectivity index (χ3n) is 5.36. The fourth-order valence-electron chi connectivity index (χ4n) is 4.44. The Morgan fingerprint density at radius 1 is 1.12 bits per heavy atom. The molecule has 0 bridgehead atoms. The smallest absolute Gasteiger partial charge is 0.169 e. The minimum absolute atomic E-state index is 0.368. The summed E-state index contributed by atoms with van der Waals surface area (Å²) in [5, 5.41) is 4.75. The second-order valence-corrected chi connectivity index (χ2v) is 6.60. The molecule has 0 radical (unpaired) electrons. The average molecular weight is 252 g/mol. The third-order valence-corrected chi connectivity index (χ3v) is 5.75. The Bertz CT molecular complexity index is 309. The number of rotatable bonds is 0. The molecule has 0 unspecified atom stereocenters. The summed E-state index contributed by atoms with van der Waals surface area (Å²) in [4.78, 5) is 2.35. The highest BCUT2D eigenvalue weighted by Crippen LogP contribution is 2.45. The van der Waals surface area contributed by atoms with Crippen molar-refractivity contribution in [2.75, 3.05) is 7.05 Å². The molecule has 0 aromatic heterocycles. The number of hydrogen-bond acceptors (Lipinski definition) is 1. The summed E-state index contributed by atoms with van der Waals surface area (Å²) in [7, 11) is 2.19. The van der Waals surface area contributed by atoms with E-state index in [-0.39, 0.29) is 0 Å². The van der Waals surface area contributed by atoms with Crippen LogP contribution in [0.1, 0.15) is 57.8 Å². The Kier molecular flexibility index (Phi) is 3.06. The summed E-state index contributed by atoms with van der Waals surface area (Å²) < 4.78 is 0. The van der Waals surface area contributed by atoms with E-state index < -0.39 is 0 Å². The average Bonchev–Trinajstić information content (AvgIpc) is 2.38. The summed E-state index contributed by atoms with van der Waals surface area (Å²) >= 11 is 5.57. The summed E-state index contributed by atoms with van der Waals surface area (Å²) in [5.74, 6) is 0.841. The van der Waals surface area contributed by atoms with Crippen molar-refractivity contribution in [3.05, 3.63) is 0 Å². The molecule has 2 nitrogen and oxygen atoms in total. The van der Waals surface area contributed by atoms with Crippen LogP contribution in [0.25, 0.3) is 0 Å². The lowest BCUT2D eigenvalue weighted by Gasteiger charge is -2.56. The van der Waals surface area contributed by atoms with Crippen molar-refractivity contribution in [2.45, 2.75) is 69.4 Å². The fraction of sp³-hybridized carbons (Fsp3) is 0.929. The molecule has 3 rings (SSSR count). The van der Waals surface area contributed by atoms with Gasteiger partial charge in [0.05, 0.1) is 0 Å². The van der Waals surface area contributed by atoms with Crippen LogP contribution >= 0.6 is 12.2 Å². The number of thiocarbonyl (C=S) groups is 1. The largest absolute Gasteiger partial charge is 0.357 e. The van der Waals surface area contributed by atoms with E-state index in [2.05, 4.69) is 17.3 Å². The third kappa shape index (κ3) is 1.87. The van der Waals surface area contributed by atoms with Crippen LogP contribution in [-0.2, 0) is 0 Å². The summed E-state index contributed by atoms with van der Waals surface area (Å²) in [5.41, 5.74) is 0.368. The first-order chi connectivity index (χ1) is 8.23. The van der Waals surface area contributed by atoms with E-state index in [0.29, 0.717) is 5.54 Å². The van der Waals surface area contributed by atoms with Crippen molar-refractivity contribution >= 4 is 17.3 Å². The molecule has 1 N–H and O–H groups in total. The predicted octanol–water partition coefficient (Wildman–Crippen LogP) is 3.07. The topological polar surface area (TPSA) is 15.3 Å². The first kappa shape index (κ1) is 11.8. The van der Waals surface area contributed by atoms with Crippen LogP contribution in [0.2, 0.25) is 0 Å². The van der Waals surface area contributed by atoms with Gasteiger partial charge in [0, 0.05) is 24.5 Å². The van der Waals surface area contributed by atoms with Gasteiger partial charge in [-0.15, -0.1) is 0 Å². The minimum Gasteiger partial charge on any atom is -0.357 e. The highest BCUT2D eigenvalue weighted by atomic mass is 32.1. The molecule has 1 aliphatic heterocycles.